The predicted octanol–water partition coefficient (Wildman–Crippen LogP) is 4.01. The van der Waals surface area contributed by atoms with Crippen molar-refractivity contribution in [1.29, 1.82) is 5.26 Å². The lowest BCUT2D eigenvalue weighted by atomic mass is 9.85. The highest BCUT2D eigenvalue weighted by Crippen LogP contribution is 2.26. The number of amides is 1. The highest BCUT2D eigenvalue weighted by atomic mass is 35.5. The first-order valence-corrected chi connectivity index (χ1v) is 7.98. The van der Waals surface area contributed by atoms with Crippen LogP contribution in [0.25, 0.3) is 0 Å². The summed E-state index contributed by atoms with van der Waals surface area (Å²) in [6.45, 7) is 0. The molecule has 1 aromatic rings. The van der Waals surface area contributed by atoms with Crippen LogP contribution in [0.4, 0.5) is 0 Å². The number of hydrogen-bond donors (Lipinski definition) is 1. The summed E-state index contributed by atoms with van der Waals surface area (Å²) in [4.78, 5) is 12.2. The van der Waals surface area contributed by atoms with Gasteiger partial charge in [-0.1, -0.05) is 55.8 Å². The first-order valence-electron chi connectivity index (χ1n) is 7.60. The maximum Gasteiger partial charge on any atom is 0.225 e. The second-order valence-electron chi connectivity index (χ2n) is 5.82. The molecular weight excluding hydrogens is 284 g/mol. The number of nitrogens with one attached hydrogen (secondary N) is 1. The Morgan fingerprint density at radius 3 is 2.52 bits per heavy atom. The minimum atomic E-state index is -0.684. The molecule has 21 heavy (non-hydrogen) atoms. The van der Waals surface area contributed by atoms with E-state index >= 15 is 0 Å². The average molecular weight is 305 g/mol. The first kappa shape index (κ1) is 15.9. The van der Waals surface area contributed by atoms with Crippen LogP contribution < -0.4 is 5.32 Å². The Balaban J connectivity index is 2.00. The van der Waals surface area contributed by atoms with Gasteiger partial charge in [0.25, 0.3) is 0 Å². The lowest BCUT2D eigenvalue weighted by molar-refractivity contribution is -0.122. The Labute approximate surface area is 131 Å². The fourth-order valence-corrected chi connectivity index (χ4v) is 3.13. The van der Waals surface area contributed by atoms with Crippen molar-refractivity contribution in [3.63, 3.8) is 0 Å². The largest absolute Gasteiger partial charge is 0.338 e. The first-order chi connectivity index (χ1) is 10.1. The van der Waals surface area contributed by atoms with Crippen molar-refractivity contribution in [2.45, 2.75) is 56.9 Å². The molecule has 1 aromatic carbocycles. The lowest BCUT2D eigenvalue weighted by Gasteiger charge is -2.29. The van der Waals surface area contributed by atoms with Gasteiger partial charge in [-0.2, -0.15) is 5.26 Å². The van der Waals surface area contributed by atoms with Gasteiger partial charge in [0.2, 0.25) is 5.91 Å². The fraction of sp³-hybridized carbons (Fsp3) is 0.529. The van der Waals surface area contributed by atoms with Crippen molar-refractivity contribution in [1.82, 2.24) is 5.32 Å². The Hall–Kier alpha value is -1.53. The molecule has 3 nitrogen and oxygen atoms in total. The lowest BCUT2D eigenvalue weighted by Crippen LogP contribution is -2.48. The number of nitrogens with zero attached hydrogens (tertiary/aromatic N) is 1. The van der Waals surface area contributed by atoms with E-state index in [1.54, 1.807) is 12.1 Å². The Morgan fingerprint density at radius 2 is 1.90 bits per heavy atom. The summed E-state index contributed by atoms with van der Waals surface area (Å²) in [5.74, 6) is -0.0978. The SMILES string of the molecule is N#CC1(NC(=O)Cc2cccc(Cl)c2)CCCCCCC1. The van der Waals surface area contributed by atoms with Crippen molar-refractivity contribution in [3.05, 3.63) is 34.9 Å². The van der Waals surface area contributed by atoms with E-state index in [2.05, 4.69) is 11.4 Å². The highest BCUT2D eigenvalue weighted by molar-refractivity contribution is 6.30. The molecule has 0 aromatic heterocycles. The molecule has 0 atom stereocenters. The number of halogens is 1. The molecule has 0 saturated heterocycles. The summed E-state index contributed by atoms with van der Waals surface area (Å²) >= 11 is 5.93. The van der Waals surface area contributed by atoms with Gasteiger partial charge < -0.3 is 5.32 Å². The van der Waals surface area contributed by atoms with Crippen LogP contribution in [0, 0.1) is 11.3 Å². The van der Waals surface area contributed by atoms with E-state index in [1.165, 1.54) is 6.42 Å². The van der Waals surface area contributed by atoms with Gasteiger partial charge >= 0.3 is 0 Å². The van der Waals surface area contributed by atoms with E-state index in [0.29, 0.717) is 5.02 Å². The molecule has 0 aliphatic heterocycles. The third-order valence-corrected chi connectivity index (χ3v) is 4.29. The zero-order valence-corrected chi connectivity index (χ0v) is 13.0. The predicted molar refractivity (Wildman–Crippen MR) is 84.0 cm³/mol. The molecule has 1 amide bonds. The van der Waals surface area contributed by atoms with E-state index in [-0.39, 0.29) is 12.3 Å². The van der Waals surface area contributed by atoms with Crippen LogP contribution in [0.3, 0.4) is 0 Å². The van der Waals surface area contributed by atoms with E-state index in [4.69, 9.17) is 11.6 Å². The molecule has 0 spiro atoms. The molecular formula is C17H21ClN2O. The molecule has 1 fully saturated rings. The number of benzene rings is 1. The van der Waals surface area contributed by atoms with Gasteiger partial charge in [-0.15, -0.1) is 0 Å². The van der Waals surface area contributed by atoms with Crippen LogP contribution in [0.1, 0.15) is 50.5 Å². The van der Waals surface area contributed by atoms with Crippen molar-refractivity contribution >= 4 is 17.5 Å². The quantitative estimate of drug-likeness (QED) is 0.917. The Bertz CT molecular complexity index is 528. The molecule has 0 unspecified atom stereocenters. The van der Waals surface area contributed by atoms with Crippen LogP contribution in [0.5, 0.6) is 0 Å². The molecule has 0 bridgehead atoms. The van der Waals surface area contributed by atoms with E-state index in [1.807, 2.05) is 12.1 Å². The van der Waals surface area contributed by atoms with E-state index < -0.39 is 5.54 Å². The maximum atomic E-state index is 12.2. The molecule has 0 radical (unpaired) electrons. The molecule has 112 valence electrons. The van der Waals surface area contributed by atoms with Crippen molar-refractivity contribution in [2.24, 2.45) is 0 Å². The molecule has 1 aliphatic rings. The van der Waals surface area contributed by atoms with Crippen LogP contribution in [0.2, 0.25) is 5.02 Å². The van der Waals surface area contributed by atoms with Crippen LogP contribution in [0.15, 0.2) is 24.3 Å². The zero-order chi connectivity index (χ0) is 15.1. The number of nitriles is 1. The van der Waals surface area contributed by atoms with Crippen LogP contribution in [-0.4, -0.2) is 11.4 Å². The van der Waals surface area contributed by atoms with Gasteiger partial charge in [-0.25, -0.2) is 0 Å². The fourth-order valence-electron chi connectivity index (χ4n) is 2.92. The summed E-state index contributed by atoms with van der Waals surface area (Å²) in [6.07, 6.45) is 7.31. The molecule has 2 rings (SSSR count). The Kier molecular flexibility index (Phi) is 5.64. The summed E-state index contributed by atoms with van der Waals surface area (Å²) in [5.41, 5.74) is 0.190. The molecule has 1 aliphatic carbocycles. The zero-order valence-electron chi connectivity index (χ0n) is 12.2. The van der Waals surface area contributed by atoms with Gasteiger partial charge in [0.15, 0.2) is 0 Å². The molecule has 0 heterocycles. The van der Waals surface area contributed by atoms with Gasteiger partial charge in [-0.3, -0.25) is 4.79 Å². The Morgan fingerprint density at radius 1 is 1.24 bits per heavy atom. The number of carbonyl (C=O) groups is 1. The van der Waals surface area contributed by atoms with Crippen LogP contribution >= 0.6 is 11.6 Å². The minimum Gasteiger partial charge on any atom is -0.338 e. The van der Waals surface area contributed by atoms with Crippen LogP contribution in [-0.2, 0) is 11.2 Å². The van der Waals surface area contributed by atoms with Gasteiger partial charge in [-0.05, 0) is 30.5 Å². The average Bonchev–Trinajstić information content (AvgIpc) is 2.42. The molecule has 1 saturated carbocycles. The minimum absolute atomic E-state index is 0.0978. The monoisotopic (exact) mass is 304 g/mol. The molecule has 4 heteroatoms. The number of hydrogen-bond acceptors (Lipinski definition) is 2. The van der Waals surface area contributed by atoms with Gasteiger partial charge in [0, 0.05) is 5.02 Å². The van der Waals surface area contributed by atoms with Gasteiger partial charge in [0.05, 0.1) is 12.5 Å². The molecule has 1 N–H and O–H groups in total. The summed E-state index contributed by atoms with van der Waals surface area (Å²) in [5, 5.41) is 13.1. The highest BCUT2D eigenvalue weighted by Gasteiger charge is 2.31. The standard InChI is InChI=1S/C17H21ClN2O/c18-15-8-6-7-14(11-15)12-16(21)20-17(13-19)9-4-2-1-3-5-10-17/h6-8,11H,1-5,9-10,12H2,(H,20,21). The third-order valence-electron chi connectivity index (χ3n) is 4.05. The second kappa shape index (κ2) is 7.47. The third kappa shape index (κ3) is 4.75. The van der Waals surface area contributed by atoms with Crippen molar-refractivity contribution in [3.8, 4) is 6.07 Å². The van der Waals surface area contributed by atoms with Gasteiger partial charge in [0.1, 0.15) is 5.54 Å². The van der Waals surface area contributed by atoms with E-state index in [0.717, 1.165) is 44.1 Å². The summed E-state index contributed by atoms with van der Waals surface area (Å²) in [7, 11) is 0. The van der Waals surface area contributed by atoms with Crippen molar-refractivity contribution < 1.29 is 4.79 Å². The summed E-state index contributed by atoms with van der Waals surface area (Å²) < 4.78 is 0. The van der Waals surface area contributed by atoms with Crippen molar-refractivity contribution in [2.75, 3.05) is 0 Å². The summed E-state index contributed by atoms with van der Waals surface area (Å²) in [6, 6.07) is 9.64. The normalized spacial score (nSPS) is 18.1. The number of rotatable bonds is 3. The maximum absolute atomic E-state index is 12.2. The number of carbonyl (C=O) groups excluding carboxylic acids is 1. The van der Waals surface area contributed by atoms with E-state index in [9.17, 15) is 10.1 Å². The second-order valence-corrected chi connectivity index (χ2v) is 6.25. The smallest absolute Gasteiger partial charge is 0.225 e. The topological polar surface area (TPSA) is 52.9 Å².